The summed E-state index contributed by atoms with van der Waals surface area (Å²) in [6, 6.07) is 16.4. The van der Waals surface area contributed by atoms with Crippen molar-refractivity contribution in [3.05, 3.63) is 59.5 Å². The second kappa shape index (κ2) is 6.53. The predicted molar refractivity (Wildman–Crippen MR) is 88.4 cm³/mol. The molecule has 4 nitrogen and oxygen atoms in total. The lowest BCUT2D eigenvalue weighted by molar-refractivity contribution is 0.309. The van der Waals surface area contributed by atoms with Crippen molar-refractivity contribution in [3.8, 4) is 11.8 Å². The summed E-state index contributed by atoms with van der Waals surface area (Å²) >= 11 is 0. The Labute approximate surface area is 135 Å². The predicted octanol–water partition coefficient (Wildman–Crippen LogP) is 4.52. The number of benzene rings is 2. The van der Waals surface area contributed by atoms with Crippen LogP contribution in [0.4, 0.5) is 0 Å². The SMILES string of the molecule is Cc1noc(C)c1C(C#N)CCOc1cccc2ccccc12. The Balaban J connectivity index is 1.72. The van der Waals surface area contributed by atoms with E-state index in [0.29, 0.717) is 18.8 Å². The van der Waals surface area contributed by atoms with E-state index in [4.69, 9.17) is 9.26 Å². The van der Waals surface area contributed by atoms with Gasteiger partial charge in [0.1, 0.15) is 11.5 Å². The summed E-state index contributed by atoms with van der Waals surface area (Å²) in [6.07, 6.45) is 0.600. The number of nitriles is 1. The van der Waals surface area contributed by atoms with Gasteiger partial charge in [0, 0.05) is 17.4 Å². The van der Waals surface area contributed by atoms with Crippen LogP contribution in [0, 0.1) is 25.2 Å². The lowest BCUT2D eigenvalue weighted by Gasteiger charge is -2.12. The third-order valence-corrected chi connectivity index (χ3v) is 4.01. The molecule has 0 radical (unpaired) electrons. The smallest absolute Gasteiger partial charge is 0.138 e. The molecular weight excluding hydrogens is 288 g/mol. The average Bonchev–Trinajstić information content (AvgIpc) is 2.91. The van der Waals surface area contributed by atoms with Crippen LogP contribution in [-0.2, 0) is 0 Å². The van der Waals surface area contributed by atoms with E-state index in [1.165, 1.54) is 0 Å². The van der Waals surface area contributed by atoms with E-state index in [1.807, 2.05) is 44.2 Å². The fourth-order valence-electron chi connectivity index (χ4n) is 2.87. The van der Waals surface area contributed by atoms with Gasteiger partial charge in [-0.2, -0.15) is 5.26 Å². The van der Waals surface area contributed by atoms with Crippen LogP contribution in [0.15, 0.2) is 47.0 Å². The standard InChI is InChI=1S/C19H18N2O2/c1-13-19(14(2)23-21-13)16(12-20)10-11-22-18-9-5-7-15-6-3-4-8-17(15)18/h3-9,16H,10-11H2,1-2H3. The largest absolute Gasteiger partial charge is 0.493 e. The van der Waals surface area contributed by atoms with E-state index in [-0.39, 0.29) is 5.92 Å². The summed E-state index contributed by atoms with van der Waals surface area (Å²) in [5.74, 6) is 1.29. The molecule has 0 spiro atoms. The van der Waals surface area contributed by atoms with Crippen LogP contribution in [0.5, 0.6) is 5.75 Å². The Morgan fingerprint density at radius 3 is 2.70 bits per heavy atom. The second-order valence-corrected chi connectivity index (χ2v) is 5.53. The van der Waals surface area contributed by atoms with Gasteiger partial charge in [-0.1, -0.05) is 41.6 Å². The first-order chi connectivity index (χ1) is 11.2. The summed E-state index contributed by atoms with van der Waals surface area (Å²) in [6.45, 7) is 4.17. The normalized spacial score (nSPS) is 12.0. The molecule has 0 aliphatic carbocycles. The molecule has 0 aliphatic rings. The van der Waals surface area contributed by atoms with Crippen molar-refractivity contribution in [1.82, 2.24) is 5.16 Å². The molecular formula is C19H18N2O2. The summed E-state index contributed by atoms with van der Waals surface area (Å²) < 4.78 is 11.1. The topological polar surface area (TPSA) is 59.0 Å². The lowest BCUT2D eigenvalue weighted by Crippen LogP contribution is -2.06. The third-order valence-electron chi connectivity index (χ3n) is 4.01. The summed E-state index contributed by atoms with van der Waals surface area (Å²) in [5.41, 5.74) is 1.66. The first kappa shape index (κ1) is 15.1. The first-order valence-electron chi connectivity index (χ1n) is 7.63. The van der Waals surface area contributed by atoms with Gasteiger partial charge >= 0.3 is 0 Å². The number of ether oxygens (including phenoxy) is 1. The zero-order chi connectivity index (χ0) is 16.2. The molecule has 0 amide bonds. The highest BCUT2D eigenvalue weighted by molar-refractivity contribution is 5.88. The van der Waals surface area contributed by atoms with Crippen LogP contribution in [-0.4, -0.2) is 11.8 Å². The Morgan fingerprint density at radius 1 is 1.17 bits per heavy atom. The summed E-state index contributed by atoms with van der Waals surface area (Å²) in [5, 5.41) is 15.6. The van der Waals surface area contributed by atoms with E-state index >= 15 is 0 Å². The molecule has 0 bridgehead atoms. The van der Waals surface area contributed by atoms with Gasteiger partial charge in [0.05, 0.1) is 24.3 Å². The Bertz CT molecular complexity index is 836. The van der Waals surface area contributed by atoms with Gasteiger partial charge in [0.25, 0.3) is 0 Å². The van der Waals surface area contributed by atoms with Gasteiger partial charge in [0.2, 0.25) is 0 Å². The van der Waals surface area contributed by atoms with Gasteiger partial charge < -0.3 is 9.26 Å². The third kappa shape index (κ3) is 3.04. The lowest BCUT2D eigenvalue weighted by atomic mass is 9.96. The van der Waals surface area contributed by atoms with Gasteiger partial charge in [-0.3, -0.25) is 0 Å². The highest BCUT2D eigenvalue weighted by Gasteiger charge is 2.20. The molecule has 0 saturated heterocycles. The maximum Gasteiger partial charge on any atom is 0.138 e. The van der Waals surface area contributed by atoms with E-state index in [2.05, 4.69) is 23.4 Å². The van der Waals surface area contributed by atoms with Crippen LogP contribution >= 0.6 is 0 Å². The van der Waals surface area contributed by atoms with E-state index < -0.39 is 0 Å². The second-order valence-electron chi connectivity index (χ2n) is 5.53. The number of fused-ring (bicyclic) bond motifs is 1. The number of hydrogen-bond acceptors (Lipinski definition) is 4. The van der Waals surface area contributed by atoms with Gasteiger partial charge in [-0.15, -0.1) is 0 Å². The molecule has 1 aromatic heterocycles. The zero-order valence-corrected chi connectivity index (χ0v) is 13.2. The minimum Gasteiger partial charge on any atom is -0.493 e. The monoisotopic (exact) mass is 306 g/mol. The van der Waals surface area contributed by atoms with Gasteiger partial charge in [-0.05, 0) is 25.3 Å². The molecule has 1 heterocycles. The molecule has 0 saturated carbocycles. The summed E-state index contributed by atoms with van der Waals surface area (Å²) in [7, 11) is 0. The van der Waals surface area contributed by atoms with Crippen LogP contribution in [0.2, 0.25) is 0 Å². The van der Waals surface area contributed by atoms with Crippen LogP contribution < -0.4 is 4.74 Å². The fraction of sp³-hybridized carbons (Fsp3) is 0.263. The highest BCUT2D eigenvalue weighted by Crippen LogP contribution is 2.28. The molecule has 0 aliphatic heterocycles. The molecule has 2 aromatic carbocycles. The molecule has 4 heteroatoms. The molecule has 0 N–H and O–H groups in total. The number of aryl methyl sites for hydroxylation is 2. The number of aromatic nitrogens is 1. The Kier molecular flexibility index (Phi) is 4.29. The minimum atomic E-state index is -0.267. The highest BCUT2D eigenvalue weighted by atomic mass is 16.5. The molecule has 0 fully saturated rings. The van der Waals surface area contributed by atoms with Crippen molar-refractivity contribution in [3.63, 3.8) is 0 Å². The Morgan fingerprint density at radius 2 is 1.96 bits per heavy atom. The fourth-order valence-corrected chi connectivity index (χ4v) is 2.87. The van der Waals surface area contributed by atoms with E-state index in [9.17, 15) is 5.26 Å². The van der Waals surface area contributed by atoms with Crippen molar-refractivity contribution in [2.75, 3.05) is 6.61 Å². The number of nitrogens with zero attached hydrogens (tertiary/aromatic N) is 2. The van der Waals surface area contributed by atoms with Crippen LogP contribution in [0.25, 0.3) is 10.8 Å². The molecule has 23 heavy (non-hydrogen) atoms. The molecule has 3 rings (SSSR count). The van der Waals surface area contributed by atoms with Crippen LogP contribution in [0.1, 0.15) is 29.4 Å². The first-order valence-corrected chi connectivity index (χ1v) is 7.63. The maximum absolute atomic E-state index is 9.44. The minimum absolute atomic E-state index is 0.267. The maximum atomic E-state index is 9.44. The Hall–Kier alpha value is -2.80. The van der Waals surface area contributed by atoms with Crippen molar-refractivity contribution in [2.24, 2.45) is 0 Å². The van der Waals surface area contributed by atoms with E-state index in [0.717, 1.165) is 27.8 Å². The van der Waals surface area contributed by atoms with Crippen molar-refractivity contribution in [2.45, 2.75) is 26.2 Å². The molecule has 1 unspecified atom stereocenters. The van der Waals surface area contributed by atoms with Crippen molar-refractivity contribution >= 4 is 10.8 Å². The average molecular weight is 306 g/mol. The summed E-state index contributed by atoms with van der Waals surface area (Å²) in [4.78, 5) is 0. The quantitative estimate of drug-likeness (QED) is 0.695. The number of hydrogen-bond donors (Lipinski definition) is 0. The van der Waals surface area contributed by atoms with Crippen molar-refractivity contribution in [1.29, 1.82) is 5.26 Å². The zero-order valence-electron chi connectivity index (χ0n) is 13.2. The van der Waals surface area contributed by atoms with Gasteiger partial charge in [-0.25, -0.2) is 0 Å². The van der Waals surface area contributed by atoms with E-state index in [1.54, 1.807) is 0 Å². The van der Waals surface area contributed by atoms with Gasteiger partial charge in [0.15, 0.2) is 0 Å². The molecule has 116 valence electrons. The van der Waals surface area contributed by atoms with Crippen molar-refractivity contribution < 1.29 is 9.26 Å². The molecule has 1 atom stereocenters. The molecule has 3 aromatic rings. The van der Waals surface area contributed by atoms with Crippen LogP contribution in [0.3, 0.4) is 0 Å². The number of rotatable bonds is 5.